The van der Waals surface area contributed by atoms with Gasteiger partial charge in [0, 0.05) is 12.6 Å². The Kier molecular flexibility index (Phi) is 4.17. The van der Waals surface area contributed by atoms with Crippen molar-refractivity contribution in [3.05, 3.63) is 29.8 Å². The molecule has 1 heterocycles. The number of amides is 1. The van der Waals surface area contributed by atoms with Crippen molar-refractivity contribution in [3.8, 4) is 0 Å². The molecule has 98 valence electrons. The van der Waals surface area contributed by atoms with Gasteiger partial charge in [-0.05, 0) is 38.6 Å². The molecule has 1 aromatic carbocycles. The van der Waals surface area contributed by atoms with Crippen LogP contribution < -0.4 is 16.6 Å². The van der Waals surface area contributed by atoms with Gasteiger partial charge in [-0.2, -0.15) is 0 Å². The van der Waals surface area contributed by atoms with E-state index >= 15 is 0 Å². The second-order valence-electron chi connectivity index (χ2n) is 4.76. The fourth-order valence-electron chi connectivity index (χ4n) is 2.35. The van der Waals surface area contributed by atoms with Gasteiger partial charge in [0.25, 0.3) is 5.91 Å². The molecule has 5 heteroatoms. The molecule has 4 N–H and O–H groups in total. The lowest BCUT2D eigenvalue weighted by molar-refractivity contribution is 0.0913. The Hall–Kier alpha value is -1.59. The Labute approximate surface area is 107 Å². The number of likely N-dealkylation sites (tertiary alicyclic amines) is 1. The predicted octanol–water partition coefficient (Wildman–Crippen LogP) is 0.796. The van der Waals surface area contributed by atoms with E-state index in [9.17, 15) is 4.79 Å². The van der Waals surface area contributed by atoms with Crippen LogP contribution in [0.15, 0.2) is 24.3 Å². The molecule has 0 spiro atoms. The predicted molar refractivity (Wildman–Crippen MR) is 72.2 cm³/mol. The molecule has 0 aliphatic carbocycles. The molecule has 0 saturated carbocycles. The molecule has 1 saturated heterocycles. The standard InChI is InChI=1S/C13H20N4O/c1-17-8-4-5-10(9-17)15-13(18)11-6-2-3-7-12(11)16-14/h2-3,6-7,10,16H,4-5,8-9,14H2,1H3,(H,15,18). The Balaban J connectivity index is 2.03. The van der Waals surface area contributed by atoms with E-state index in [1.807, 2.05) is 12.1 Å². The van der Waals surface area contributed by atoms with Crippen LogP contribution in [0.3, 0.4) is 0 Å². The van der Waals surface area contributed by atoms with Crippen LogP contribution >= 0.6 is 0 Å². The molecule has 0 radical (unpaired) electrons. The van der Waals surface area contributed by atoms with E-state index in [1.165, 1.54) is 0 Å². The Bertz CT molecular complexity index is 421. The normalized spacial score (nSPS) is 20.4. The zero-order valence-electron chi connectivity index (χ0n) is 10.6. The average Bonchev–Trinajstić information content (AvgIpc) is 2.38. The van der Waals surface area contributed by atoms with Gasteiger partial charge in [-0.25, -0.2) is 0 Å². The van der Waals surface area contributed by atoms with Crippen molar-refractivity contribution < 1.29 is 4.79 Å². The summed E-state index contributed by atoms with van der Waals surface area (Å²) >= 11 is 0. The molecule has 1 amide bonds. The number of nitrogens with two attached hydrogens (primary N) is 1. The summed E-state index contributed by atoms with van der Waals surface area (Å²) in [6.45, 7) is 2.01. The summed E-state index contributed by atoms with van der Waals surface area (Å²) in [5.41, 5.74) is 3.79. The highest BCUT2D eigenvalue weighted by atomic mass is 16.1. The summed E-state index contributed by atoms with van der Waals surface area (Å²) in [7, 11) is 2.08. The molecule has 5 nitrogen and oxygen atoms in total. The number of carbonyl (C=O) groups is 1. The maximum absolute atomic E-state index is 12.2. The van der Waals surface area contributed by atoms with Gasteiger partial charge in [0.15, 0.2) is 0 Å². The first-order valence-corrected chi connectivity index (χ1v) is 6.25. The van der Waals surface area contributed by atoms with Crippen molar-refractivity contribution >= 4 is 11.6 Å². The summed E-state index contributed by atoms with van der Waals surface area (Å²) in [6.07, 6.45) is 2.16. The lowest BCUT2D eigenvalue weighted by Crippen LogP contribution is -2.46. The fraction of sp³-hybridized carbons (Fsp3) is 0.462. The zero-order valence-corrected chi connectivity index (χ0v) is 10.6. The van der Waals surface area contributed by atoms with E-state index in [2.05, 4.69) is 22.7 Å². The van der Waals surface area contributed by atoms with Crippen molar-refractivity contribution in [2.45, 2.75) is 18.9 Å². The third kappa shape index (κ3) is 3.00. The Morgan fingerprint density at radius 1 is 1.44 bits per heavy atom. The van der Waals surface area contributed by atoms with Gasteiger partial charge in [0.2, 0.25) is 0 Å². The average molecular weight is 248 g/mol. The van der Waals surface area contributed by atoms with Gasteiger partial charge < -0.3 is 15.6 Å². The van der Waals surface area contributed by atoms with E-state index in [0.717, 1.165) is 25.9 Å². The molecule has 1 atom stereocenters. The van der Waals surface area contributed by atoms with Crippen LogP contribution in [-0.2, 0) is 0 Å². The van der Waals surface area contributed by atoms with Crippen molar-refractivity contribution in [1.29, 1.82) is 0 Å². The number of piperidine rings is 1. The SMILES string of the molecule is CN1CCCC(NC(=O)c2ccccc2NN)C1. The number of rotatable bonds is 3. The van der Waals surface area contributed by atoms with Crippen LogP contribution in [0.1, 0.15) is 23.2 Å². The molecule has 0 aromatic heterocycles. The van der Waals surface area contributed by atoms with Crippen LogP contribution in [-0.4, -0.2) is 37.0 Å². The van der Waals surface area contributed by atoms with E-state index in [0.29, 0.717) is 11.3 Å². The first-order valence-electron chi connectivity index (χ1n) is 6.25. The third-order valence-electron chi connectivity index (χ3n) is 3.29. The highest BCUT2D eigenvalue weighted by molar-refractivity contribution is 5.99. The summed E-state index contributed by atoms with van der Waals surface area (Å²) in [5.74, 6) is 5.34. The number of para-hydroxylation sites is 1. The van der Waals surface area contributed by atoms with Crippen molar-refractivity contribution in [1.82, 2.24) is 10.2 Å². The number of nitrogens with zero attached hydrogens (tertiary/aromatic N) is 1. The summed E-state index contributed by atoms with van der Waals surface area (Å²) in [4.78, 5) is 14.4. The van der Waals surface area contributed by atoms with Gasteiger partial charge in [-0.1, -0.05) is 12.1 Å². The molecule has 18 heavy (non-hydrogen) atoms. The maximum Gasteiger partial charge on any atom is 0.253 e. The van der Waals surface area contributed by atoms with Crippen LogP contribution in [0.4, 0.5) is 5.69 Å². The fourth-order valence-corrected chi connectivity index (χ4v) is 2.35. The molecule has 1 fully saturated rings. The van der Waals surface area contributed by atoms with E-state index in [-0.39, 0.29) is 11.9 Å². The van der Waals surface area contributed by atoms with Crippen LogP contribution in [0.25, 0.3) is 0 Å². The number of hydrogen-bond acceptors (Lipinski definition) is 4. The maximum atomic E-state index is 12.2. The highest BCUT2D eigenvalue weighted by Crippen LogP contribution is 2.15. The number of hydrazine groups is 1. The highest BCUT2D eigenvalue weighted by Gasteiger charge is 2.20. The Morgan fingerprint density at radius 2 is 2.22 bits per heavy atom. The minimum atomic E-state index is -0.0659. The first-order chi connectivity index (χ1) is 8.70. The van der Waals surface area contributed by atoms with E-state index in [1.54, 1.807) is 12.1 Å². The van der Waals surface area contributed by atoms with Crippen molar-refractivity contribution in [2.24, 2.45) is 5.84 Å². The number of nitrogen functional groups attached to an aromatic ring is 1. The smallest absolute Gasteiger partial charge is 0.253 e. The number of nitrogens with one attached hydrogen (secondary N) is 2. The molecule has 0 bridgehead atoms. The quantitative estimate of drug-likeness (QED) is 0.546. The molecule has 1 aliphatic rings. The number of likely N-dealkylation sites (N-methyl/N-ethyl adjacent to an activating group) is 1. The first kappa shape index (κ1) is 12.9. The molecule has 1 aliphatic heterocycles. The number of carbonyl (C=O) groups excluding carboxylic acids is 1. The topological polar surface area (TPSA) is 70.4 Å². The van der Waals surface area contributed by atoms with Gasteiger partial charge in [0.05, 0.1) is 11.3 Å². The minimum Gasteiger partial charge on any atom is -0.348 e. The molecule has 2 rings (SSSR count). The molecular weight excluding hydrogens is 228 g/mol. The molecule has 1 unspecified atom stereocenters. The summed E-state index contributed by atoms with van der Waals surface area (Å²) < 4.78 is 0. The van der Waals surface area contributed by atoms with Gasteiger partial charge >= 0.3 is 0 Å². The van der Waals surface area contributed by atoms with Crippen molar-refractivity contribution in [3.63, 3.8) is 0 Å². The lowest BCUT2D eigenvalue weighted by Gasteiger charge is -2.30. The second kappa shape index (κ2) is 5.84. The molecular formula is C13H20N4O. The van der Waals surface area contributed by atoms with Crippen LogP contribution in [0, 0.1) is 0 Å². The van der Waals surface area contributed by atoms with Crippen molar-refractivity contribution in [2.75, 3.05) is 25.6 Å². The summed E-state index contributed by atoms with van der Waals surface area (Å²) in [6, 6.07) is 7.48. The van der Waals surface area contributed by atoms with E-state index < -0.39 is 0 Å². The van der Waals surface area contributed by atoms with Gasteiger partial charge in [-0.3, -0.25) is 10.6 Å². The van der Waals surface area contributed by atoms with Crippen LogP contribution in [0.2, 0.25) is 0 Å². The monoisotopic (exact) mass is 248 g/mol. The van der Waals surface area contributed by atoms with Gasteiger partial charge in [-0.15, -0.1) is 0 Å². The van der Waals surface area contributed by atoms with E-state index in [4.69, 9.17) is 5.84 Å². The summed E-state index contributed by atoms with van der Waals surface area (Å²) in [5, 5.41) is 3.06. The lowest BCUT2D eigenvalue weighted by atomic mass is 10.1. The zero-order chi connectivity index (χ0) is 13.0. The number of benzene rings is 1. The second-order valence-corrected chi connectivity index (χ2v) is 4.76. The molecule has 1 aromatic rings. The van der Waals surface area contributed by atoms with Gasteiger partial charge in [0.1, 0.15) is 0 Å². The van der Waals surface area contributed by atoms with Crippen LogP contribution in [0.5, 0.6) is 0 Å². The number of hydrogen-bond donors (Lipinski definition) is 3. The number of anilines is 1. The minimum absolute atomic E-state index is 0.0659. The Morgan fingerprint density at radius 3 is 2.94 bits per heavy atom. The third-order valence-corrected chi connectivity index (χ3v) is 3.29. The largest absolute Gasteiger partial charge is 0.348 e.